The normalized spacial score (nSPS) is 18.9. The minimum absolute atomic E-state index is 0.0234. The van der Waals surface area contributed by atoms with Gasteiger partial charge in [-0.3, -0.25) is 0 Å². The minimum atomic E-state index is -3.32. The number of rotatable bonds is 5. The van der Waals surface area contributed by atoms with Crippen LogP contribution in [-0.2, 0) is 15.8 Å². The van der Waals surface area contributed by atoms with Gasteiger partial charge in [0.15, 0.2) is 0 Å². The van der Waals surface area contributed by atoms with Crippen molar-refractivity contribution >= 4 is 10.0 Å². The summed E-state index contributed by atoms with van der Waals surface area (Å²) in [4.78, 5) is 0. The molecule has 0 aliphatic heterocycles. The summed E-state index contributed by atoms with van der Waals surface area (Å²) in [6, 6.07) is 9.21. The SMILES string of the molecule is NCC1(NS(=O)(=O)Cc2ccccc2)CCCC1. The summed E-state index contributed by atoms with van der Waals surface area (Å²) in [7, 11) is -3.32. The Kier molecular flexibility index (Phi) is 4.04. The van der Waals surface area contributed by atoms with Gasteiger partial charge in [-0.05, 0) is 18.4 Å². The lowest BCUT2D eigenvalue weighted by molar-refractivity contribution is 0.399. The van der Waals surface area contributed by atoms with Crippen LogP contribution in [0.1, 0.15) is 31.2 Å². The summed E-state index contributed by atoms with van der Waals surface area (Å²) >= 11 is 0. The third kappa shape index (κ3) is 3.31. The van der Waals surface area contributed by atoms with Crippen LogP contribution >= 0.6 is 0 Å². The highest BCUT2D eigenvalue weighted by Crippen LogP contribution is 2.29. The first kappa shape index (κ1) is 13.5. The Balaban J connectivity index is 2.08. The average Bonchev–Trinajstić information content (AvgIpc) is 2.78. The summed E-state index contributed by atoms with van der Waals surface area (Å²) in [5.41, 5.74) is 6.13. The van der Waals surface area contributed by atoms with E-state index in [2.05, 4.69) is 4.72 Å². The molecule has 100 valence electrons. The molecular formula is C13H20N2O2S. The first-order valence-electron chi connectivity index (χ1n) is 6.31. The zero-order chi connectivity index (χ0) is 13.1. The van der Waals surface area contributed by atoms with Crippen molar-refractivity contribution in [1.29, 1.82) is 0 Å². The molecule has 2 rings (SSSR count). The number of sulfonamides is 1. The first-order valence-corrected chi connectivity index (χ1v) is 7.96. The van der Waals surface area contributed by atoms with Crippen molar-refractivity contribution in [2.75, 3.05) is 6.54 Å². The molecule has 0 aromatic heterocycles. The molecule has 1 aromatic rings. The van der Waals surface area contributed by atoms with Gasteiger partial charge >= 0.3 is 0 Å². The van der Waals surface area contributed by atoms with E-state index in [4.69, 9.17) is 5.73 Å². The zero-order valence-electron chi connectivity index (χ0n) is 10.4. The number of hydrogen-bond acceptors (Lipinski definition) is 3. The van der Waals surface area contributed by atoms with Crippen LogP contribution < -0.4 is 10.5 Å². The lowest BCUT2D eigenvalue weighted by atomic mass is 10.0. The molecule has 5 heteroatoms. The minimum Gasteiger partial charge on any atom is -0.329 e. The van der Waals surface area contributed by atoms with Crippen molar-refractivity contribution in [3.05, 3.63) is 35.9 Å². The van der Waals surface area contributed by atoms with E-state index in [1.54, 1.807) is 0 Å². The molecular weight excluding hydrogens is 248 g/mol. The molecule has 0 unspecified atom stereocenters. The molecule has 0 spiro atoms. The van der Waals surface area contributed by atoms with Crippen LogP contribution in [0.15, 0.2) is 30.3 Å². The fourth-order valence-corrected chi connectivity index (χ4v) is 4.21. The van der Waals surface area contributed by atoms with Gasteiger partial charge in [-0.1, -0.05) is 43.2 Å². The van der Waals surface area contributed by atoms with Crippen LogP contribution in [0.5, 0.6) is 0 Å². The zero-order valence-corrected chi connectivity index (χ0v) is 11.2. The smallest absolute Gasteiger partial charge is 0.216 e. The van der Waals surface area contributed by atoms with Gasteiger partial charge in [-0.15, -0.1) is 0 Å². The number of nitrogens with one attached hydrogen (secondary N) is 1. The highest BCUT2D eigenvalue weighted by Gasteiger charge is 2.36. The number of hydrogen-bond donors (Lipinski definition) is 2. The molecule has 0 amide bonds. The molecule has 1 aliphatic carbocycles. The second kappa shape index (κ2) is 5.38. The van der Waals surface area contributed by atoms with E-state index in [1.165, 1.54) is 0 Å². The topological polar surface area (TPSA) is 72.2 Å². The van der Waals surface area contributed by atoms with Crippen molar-refractivity contribution in [2.24, 2.45) is 5.73 Å². The summed E-state index contributed by atoms with van der Waals surface area (Å²) in [6.07, 6.45) is 3.78. The van der Waals surface area contributed by atoms with Gasteiger partial charge in [0.1, 0.15) is 0 Å². The second-order valence-corrected chi connectivity index (χ2v) is 6.76. The third-order valence-electron chi connectivity index (χ3n) is 3.52. The maximum Gasteiger partial charge on any atom is 0.216 e. The Hall–Kier alpha value is -0.910. The quantitative estimate of drug-likeness (QED) is 0.847. The van der Waals surface area contributed by atoms with Crippen molar-refractivity contribution in [1.82, 2.24) is 4.72 Å². The van der Waals surface area contributed by atoms with Crippen LogP contribution in [-0.4, -0.2) is 20.5 Å². The highest BCUT2D eigenvalue weighted by molar-refractivity contribution is 7.88. The van der Waals surface area contributed by atoms with Crippen LogP contribution in [0.25, 0.3) is 0 Å². The van der Waals surface area contributed by atoms with Gasteiger partial charge in [-0.2, -0.15) is 0 Å². The van der Waals surface area contributed by atoms with Crippen LogP contribution in [0.3, 0.4) is 0 Å². The first-order chi connectivity index (χ1) is 8.55. The standard InChI is InChI=1S/C13H20N2O2S/c14-11-13(8-4-5-9-13)15-18(16,17)10-12-6-2-1-3-7-12/h1-3,6-7,15H,4-5,8-11,14H2. The molecule has 1 aliphatic rings. The molecule has 0 radical (unpaired) electrons. The Bertz CT molecular complexity index is 479. The molecule has 3 N–H and O–H groups in total. The monoisotopic (exact) mass is 268 g/mol. The molecule has 18 heavy (non-hydrogen) atoms. The Morgan fingerprint density at radius 2 is 1.78 bits per heavy atom. The summed E-state index contributed by atoms with van der Waals surface area (Å²) in [5, 5.41) is 0. The van der Waals surface area contributed by atoms with Gasteiger partial charge in [0.05, 0.1) is 5.75 Å². The third-order valence-corrected chi connectivity index (χ3v) is 4.98. The van der Waals surface area contributed by atoms with Gasteiger partial charge in [0.2, 0.25) is 10.0 Å². The second-order valence-electron chi connectivity index (χ2n) is 5.04. The van der Waals surface area contributed by atoms with Crippen molar-refractivity contribution in [3.8, 4) is 0 Å². The number of nitrogens with two attached hydrogens (primary N) is 1. The van der Waals surface area contributed by atoms with Crippen molar-refractivity contribution in [3.63, 3.8) is 0 Å². The Morgan fingerprint density at radius 3 is 2.33 bits per heavy atom. The fraction of sp³-hybridized carbons (Fsp3) is 0.538. The van der Waals surface area contributed by atoms with Gasteiger partial charge in [-0.25, -0.2) is 13.1 Å². The predicted octanol–water partition coefficient (Wildman–Crippen LogP) is 1.38. The van der Waals surface area contributed by atoms with Crippen LogP contribution in [0, 0.1) is 0 Å². The molecule has 1 aromatic carbocycles. The summed E-state index contributed by atoms with van der Waals surface area (Å²) in [5.74, 6) is 0.0234. The van der Waals surface area contributed by atoms with Crippen molar-refractivity contribution in [2.45, 2.75) is 37.0 Å². The maximum atomic E-state index is 12.2. The van der Waals surface area contributed by atoms with Gasteiger partial charge in [0.25, 0.3) is 0 Å². The largest absolute Gasteiger partial charge is 0.329 e. The lowest BCUT2D eigenvalue weighted by Gasteiger charge is -2.28. The van der Waals surface area contributed by atoms with Crippen molar-refractivity contribution < 1.29 is 8.42 Å². The molecule has 4 nitrogen and oxygen atoms in total. The molecule has 1 fully saturated rings. The summed E-state index contributed by atoms with van der Waals surface area (Å²) in [6.45, 7) is 0.376. The molecule has 0 saturated heterocycles. The highest BCUT2D eigenvalue weighted by atomic mass is 32.2. The van der Waals surface area contributed by atoms with E-state index in [0.717, 1.165) is 31.2 Å². The van der Waals surface area contributed by atoms with E-state index in [0.29, 0.717) is 6.54 Å². The van der Waals surface area contributed by atoms with E-state index in [9.17, 15) is 8.42 Å². The Morgan fingerprint density at radius 1 is 1.17 bits per heavy atom. The van der Waals surface area contributed by atoms with Gasteiger partial charge in [0, 0.05) is 12.1 Å². The lowest BCUT2D eigenvalue weighted by Crippen LogP contribution is -2.51. The van der Waals surface area contributed by atoms with E-state index >= 15 is 0 Å². The maximum absolute atomic E-state index is 12.2. The number of benzene rings is 1. The van der Waals surface area contributed by atoms with E-state index in [1.807, 2.05) is 30.3 Å². The molecule has 0 bridgehead atoms. The summed E-state index contributed by atoms with van der Waals surface area (Å²) < 4.78 is 27.1. The van der Waals surface area contributed by atoms with Crippen LogP contribution in [0.4, 0.5) is 0 Å². The molecule has 0 heterocycles. The van der Waals surface area contributed by atoms with Crippen LogP contribution in [0.2, 0.25) is 0 Å². The fourth-order valence-electron chi connectivity index (χ4n) is 2.56. The average molecular weight is 268 g/mol. The van der Waals surface area contributed by atoms with Gasteiger partial charge < -0.3 is 5.73 Å². The molecule has 0 atom stereocenters. The Labute approximate surface area is 109 Å². The molecule has 1 saturated carbocycles. The van der Waals surface area contributed by atoms with E-state index in [-0.39, 0.29) is 5.75 Å². The predicted molar refractivity (Wildman–Crippen MR) is 72.5 cm³/mol. The van der Waals surface area contributed by atoms with E-state index < -0.39 is 15.6 Å².